The molecule has 0 amide bonds. The quantitative estimate of drug-likeness (QED) is 0.872. The number of hydrogen-bond donors (Lipinski definition) is 1. The summed E-state index contributed by atoms with van der Waals surface area (Å²) >= 11 is 5.74. The number of halogens is 1. The smallest absolute Gasteiger partial charge is 0.208 e. The molecular weight excluding hydrogens is 270 g/mol. The molecule has 1 rings (SSSR count). The summed E-state index contributed by atoms with van der Waals surface area (Å²) in [5, 5.41) is 0.529. The molecule has 0 aliphatic heterocycles. The molecule has 5 heteroatoms. The van der Waals surface area contributed by atoms with Gasteiger partial charge in [-0.2, -0.15) is 0 Å². The van der Waals surface area contributed by atoms with Gasteiger partial charge in [0.1, 0.15) is 0 Å². The van der Waals surface area contributed by atoms with Crippen molar-refractivity contribution < 1.29 is 8.42 Å². The van der Waals surface area contributed by atoms with Gasteiger partial charge in [-0.1, -0.05) is 25.4 Å². The summed E-state index contributed by atoms with van der Waals surface area (Å²) in [7, 11) is -3.43. The molecule has 0 aliphatic carbocycles. The fraction of sp³-hybridized carbons (Fsp3) is 0.538. The van der Waals surface area contributed by atoms with Crippen molar-refractivity contribution in [2.45, 2.75) is 44.6 Å². The molecule has 0 fully saturated rings. The normalized spacial score (nSPS) is 13.8. The van der Waals surface area contributed by atoms with E-state index in [9.17, 15) is 8.42 Å². The third kappa shape index (κ3) is 4.96. The monoisotopic (exact) mass is 289 g/mol. The molecule has 0 spiro atoms. The standard InChI is InChI=1S/C13H20ClNO2S/c1-10(2)4-5-11(3)15-18(16,17)13-8-6-12(14)7-9-13/h6-11,15H,4-5H2,1-3H3. The van der Waals surface area contributed by atoms with Crippen LogP contribution in [0.4, 0.5) is 0 Å². The van der Waals surface area contributed by atoms with Crippen molar-refractivity contribution in [3.8, 4) is 0 Å². The molecule has 1 atom stereocenters. The van der Waals surface area contributed by atoms with Gasteiger partial charge in [0.05, 0.1) is 4.90 Å². The minimum atomic E-state index is -3.43. The summed E-state index contributed by atoms with van der Waals surface area (Å²) in [6, 6.07) is 6.12. The fourth-order valence-corrected chi connectivity index (χ4v) is 2.99. The van der Waals surface area contributed by atoms with Gasteiger partial charge in [0.25, 0.3) is 0 Å². The summed E-state index contributed by atoms with van der Waals surface area (Å²) in [5.74, 6) is 0.576. The van der Waals surface area contributed by atoms with Gasteiger partial charge < -0.3 is 0 Å². The maximum atomic E-state index is 12.0. The molecule has 0 bridgehead atoms. The highest BCUT2D eigenvalue weighted by Crippen LogP contribution is 2.15. The lowest BCUT2D eigenvalue weighted by Gasteiger charge is -2.15. The van der Waals surface area contributed by atoms with Crippen LogP contribution in [0.2, 0.25) is 5.02 Å². The molecule has 0 aromatic heterocycles. The van der Waals surface area contributed by atoms with E-state index in [2.05, 4.69) is 18.6 Å². The first kappa shape index (κ1) is 15.5. The molecule has 1 unspecified atom stereocenters. The van der Waals surface area contributed by atoms with Crippen molar-refractivity contribution >= 4 is 21.6 Å². The minimum absolute atomic E-state index is 0.0620. The molecule has 1 aromatic carbocycles. The van der Waals surface area contributed by atoms with Crippen LogP contribution in [0.1, 0.15) is 33.6 Å². The van der Waals surface area contributed by atoms with Crippen molar-refractivity contribution in [3.05, 3.63) is 29.3 Å². The first-order chi connectivity index (χ1) is 8.31. The van der Waals surface area contributed by atoms with Crippen LogP contribution in [0.25, 0.3) is 0 Å². The Hall–Kier alpha value is -0.580. The van der Waals surface area contributed by atoms with E-state index in [1.54, 1.807) is 12.1 Å². The van der Waals surface area contributed by atoms with Gasteiger partial charge in [-0.05, 0) is 49.9 Å². The average Bonchev–Trinajstić information content (AvgIpc) is 2.26. The van der Waals surface area contributed by atoms with Crippen LogP contribution < -0.4 is 4.72 Å². The van der Waals surface area contributed by atoms with Crippen LogP contribution in [0.3, 0.4) is 0 Å². The number of rotatable bonds is 6. The predicted octanol–water partition coefficient (Wildman–Crippen LogP) is 3.44. The van der Waals surface area contributed by atoms with Crippen LogP contribution in [-0.4, -0.2) is 14.5 Å². The van der Waals surface area contributed by atoms with Gasteiger partial charge in [-0.3, -0.25) is 0 Å². The largest absolute Gasteiger partial charge is 0.240 e. The predicted molar refractivity (Wildman–Crippen MR) is 75.3 cm³/mol. The molecule has 0 heterocycles. The maximum Gasteiger partial charge on any atom is 0.240 e. The zero-order valence-electron chi connectivity index (χ0n) is 11.0. The average molecular weight is 290 g/mol. The Labute approximate surface area is 115 Å². The van der Waals surface area contributed by atoms with E-state index < -0.39 is 10.0 Å². The lowest BCUT2D eigenvalue weighted by Crippen LogP contribution is -2.32. The highest BCUT2D eigenvalue weighted by Gasteiger charge is 2.17. The molecule has 1 N–H and O–H groups in total. The Morgan fingerprint density at radius 1 is 1.11 bits per heavy atom. The van der Waals surface area contributed by atoms with Gasteiger partial charge in [-0.15, -0.1) is 0 Å². The summed E-state index contributed by atoms with van der Waals surface area (Å²) in [4.78, 5) is 0.253. The van der Waals surface area contributed by atoms with Crippen molar-refractivity contribution in [1.82, 2.24) is 4.72 Å². The Kier molecular flexibility index (Phi) is 5.63. The van der Waals surface area contributed by atoms with Gasteiger partial charge in [0, 0.05) is 11.1 Å². The van der Waals surface area contributed by atoms with Crippen LogP contribution in [0, 0.1) is 5.92 Å². The third-order valence-electron chi connectivity index (χ3n) is 2.66. The molecule has 1 aromatic rings. The summed E-state index contributed by atoms with van der Waals surface area (Å²) in [5.41, 5.74) is 0. The van der Waals surface area contributed by atoms with Gasteiger partial charge in [0.15, 0.2) is 0 Å². The van der Waals surface area contributed by atoms with Gasteiger partial charge >= 0.3 is 0 Å². The van der Waals surface area contributed by atoms with Crippen molar-refractivity contribution in [3.63, 3.8) is 0 Å². The first-order valence-electron chi connectivity index (χ1n) is 6.09. The molecular formula is C13H20ClNO2S. The third-order valence-corrected chi connectivity index (χ3v) is 4.51. The number of hydrogen-bond acceptors (Lipinski definition) is 2. The Morgan fingerprint density at radius 2 is 1.67 bits per heavy atom. The van der Waals surface area contributed by atoms with E-state index in [0.717, 1.165) is 12.8 Å². The van der Waals surface area contributed by atoms with Crippen LogP contribution in [0.5, 0.6) is 0 Å². The van der Waals surface area contributed by atoms with E-state index in [-0.39, 0.29) is 10.9 Å². The first-order valence-corrected chi connectivity index (χ1v) is 7.95. The highest BCUT2D eigenvalue weighted by molar-refractivity contribution is 7.89. The minimum Gasteiger partial charge on any atom is -0.208 e. The Bertz CT molecular complexity index is 468. The van der Waals surface area contributed by atoms with Crippen molar-refractivity contribution in [1.29, 1.82) is 0 Å². The molecule has 0 radical (unpaired) electrons. The van der Waals surface area contributed by atoms with Crippen molar-refractivity contribution in [2.24, 2.45) is 5.92 Å². The fourth-order valence-electron chi connectivity index (χ4n) is 1.59. The summed E-state index contributed by atoms with van der Waals surface area (Å²) in [6.07, 6.45) is 1.84. The van der Waals surface area contributed by atoms with E-state index >= 15 is 0 Å². The zero-order valence-corrected chi connectivity index (χ0v) is 12.6. The molecule has 3 nitrogen and oxygen atoms in total. The maximum absolute atomic E-state index is 12.0. The second-order valence-electron chi connectivity index (χ2n) is 4.95. The molecule has 18 heavy (non-hydrogen) atoms. The summed E-state index contributed by atoms with van der Waals surface area (Å²) < 4.78 is 26.8. The molecule has 0 aliphatic rings. The SMILES string of the molecule is CC(C)CCC(C)NS(=O)(=O)c1ccc(Cl)cc1. The molecule has 102 valence electrons. The summed E-state index contributed by atoms with van der Waals surface area (Å²) in [6.45, 7) is 6.14. The Morgan fingerprint density at radius 3 is 2.17 bits per heavy atom. The molecule has 0 saturated carbocycles. The van der Waals surface area contributed by atoms with Crippen LogP contribution in [-0.2, 0) is 10.0 Å². The van der Waals surface area contributed by atoms with Gasteiger partial charge in [0.2, 0.25) is 10.0 Å². The van der Waals surface area contributed by atoms with Crippen LogP contribution >= 0.6 is 11.6 Å². The number of sulfonamides is 1. The second-order valence-corrected chi connectivity index (χ2v) is 7.10. The van der Waals surface area contributed by atoms with Crippen molar-refractivity contribution in [2.75, 3.05) is 0 Å². The van der Waals surface area contributed by atoms with Gasteiger partial charge in [-0.25, -0.2) is 13.1 Å². The lowest BCUT2D eigenvalue weighted by atomic mass is 10.1. The zero-order chi connectivity index (χ0) is 13.8. The number of benzene rings is 1. The topological polar surface area (TPSA) is 46.2 Å². The number of nitrogens with one attached hydrogen (secondary N) is 1. The highest BCUT2D eigenvalue weighted by atomic mass is 35.5. The second kappa shape index (κ2) is 6.55. The van der Waals surface area contributed by atoms with E-state index in [4.69, 9.17) is 11.6 Å². The van der Waals surface area contributed by atoms with E-state index in [1.165, 1.54) is 12.1 Å². The molecule has 0 saturated heterocycles. The van der Waals surface area contributed by atoms with E-state index in [0.29, 0.717) is 10.9 Å². The van der Waals surface area contributed by atoms with Crippen LogP contribution in [0.15, 0.2) is 29.2 Å². The van der Waals surface area contributed by atoms with E-state index in [1.807, 2.05) is 6.92 Å². The Balaban J connectivity index is 2.67. The lowest BCUT2D eigenvalue weighted by molar-refractivity contribution is 0.485.